The Hall–Kier alpha value is -3.39. The molecule has 2 aromatic heterocycles. The van der Waals surface area contributed by atoms with Crippen molar-refractivity contribution in [1.29, 1.82) is 0 Å². The molecule has 2 heterocycles. The maximum Gasteiger partial charge on any atom is 0.343 e. The molecule has 0 aliphatic heterocycles. The summed E-state index contributed by atoms with van der Waals surface area (Å²) in [7, 11) is 1.78. The van der Waals surface area contributed by atoms with Gasteiger partial charge in [-0.05, 0) is 44.2 Å². The molecule has 0 saturated heterocycles. The number of anilines is 1. The molecule has 2 aromatic carbocycles. The van der Waals surface area contributed by atoms with E-state index in [1.165, 1.54) is 0 Å². The molecule has 0 bridgehead atoms. The van der Waals surface area contributed by atoms with Gasteiger partial charge in [-0.25, -0.2) is 4.79 Å². The Balaban J connectivity index is 1.63. The van der Waals surface area contributed by atoms with E-state index in [0.29, 0.717) is 24.0 Å². The number of benzene rings is 2. The minimum Gasteiger partial charge on any atom is -0.459 e. The quantitative estimate of drug-likeness (QED) is 0.136. The van der Waals surface area contributed by atoms with E-state index in [-0.39, 0.29) is 18.2 Å². The Morgan fingerprint density at radius 2 is 1.94 bits per heavy atom. The number of hydrogen-bond donors (Lipinski definition) is 0. The molecule has 4 rings (SSSR count). The average Bonchev–Trinajstić information content (AvgIpc) is 3.21. The number of esters is 1. The molecule has 0 unspecified atom stereocenters. The number of thiazole rings is 1. The van der Waals surface area contributed by atoms with E-state index >= 15 is 0 Å². The van der Waals surface area contributed by atoms with Gasteiger partial charge in [-0.1, -0.05) is 30.3 Å². The van der Waals surface area contributed by atoms with Gasteiger partial charge in [-0.3, -0.25) is 4.79 Å². The second kappa shape index (κ2) is 11.4. The monoisotopic (exact) mass is 488 g/mol. The summed E-state index contributed by atoms with van der Waals surface area (Å²) >= 11 is 1.62. The van der Waals surface area contributed by atoms with Crippen molar-refractivity contribution in [2.45, 2.75) is 33.5 Å². The number of aromatic nitrogens is 1. The molecule has 0 aliphatic rings. The zero-order valence-electron chi connectivity index (χ0n) is 20.3. The molecule has 0 aliphatic carbocycles. The molecule has 179 valence electrons. The fraction of sp³-hybridized carbons (Fsp3) is 0.296. The number of rotatable bonds is 10. The van der Waals surface area contributed by atoms with Crippen LogP contribution in [-0.2, 0) is 16.1 Å². The van der Waals surface area contributed by atoms with Gasteiger partial charge in [-0.2, -0.15) is 4.57 Å². The Morgan fingerprint density at radius 3 is 2.71 bits per heavy atom. The van der Waals surface area contributed by atoms with E-state index in [1.54, 1.807) is 24.7 Å². The lowest BCUT2D eigenvalue weighted by Crippen LogP contribution is -2.37. The maximum atomic E-state index is 12.7. The molecule has 0 fully saturated rings. The van der Waals surface area contributed by atoms with Crippen LogP contribution >= 0.6 is 11.3 Å². The summed E-state index contributed by atoms with van der Waals surface area (Å²) in [6.45, 7) is 8.62. The number of para-hydroxylation sites is 1. The summed E-state index contributed by atoms with van der Waals surface area (Å²) in [5.41, 5.74) is 2.80. The normalized spacial score (nSPS) is 11.4. The zero-order valence-corrected chi connectivity index (χ0v) is 21.1. The van der Waals surface area contributed by atoms with E-state index in [4.69, 9.17) is 9.15 Å². The Labute approximate surface area is 209 Å². The smallest absolute Gasteiger partial charge is 0.343 e. The molecule has 0 amide bonds. The molecule has 0 N–H and O–H groups in total. The van der Waals surface area contributed by atoms with E-state index in [1.807, 2.05) is 49.3 Å². The number of ether oxygens (including phenoxy) is 1. The number of carbonyl (C=O) groups excluding carboxylic acids is 1. The average molecular weight is 488 g/mol. The van der Waals surface area contributed by atoms with E-state index < -0.39 is 0 Å². The SMILES string of the molecule is C[B]CC(=O)OCC[n+]1c(/C=C/c2cc3ccc(N(CC)CC)cc3oc2=O)sc2ccccc21. The molecule has 8 heteroatoms. The Bertz CT molecular complexity index is 1420. The first-order valence-electron chi connectivity index (χ1n) is 11.9. The standard InChI is InChI=1S/C27H29BN2O4S/c1-4-29(5-2)21-12-10-19-16-20(27(32)34-23(19)17-21)11-13-25-30(14-15-33-26(31)18-28-3)22-8-6-7-9-24(22)35-25/h6-13,16-17H,4-5,14-15,18H2,1-3H3/q+1. The third-order valence-electron chi connectivity index (χ3n) is 5.87. The molecule has 0 spiro atoms. The summed E-state index contributed by atoms with van der Waals surface area (Å²) in [5.74, 6) is -0.234. The Morgan fingerprint density at radius 1 is 1.14 bits per heavy atom. The molecule has 1 radical (unpaired) electrons. The van der Waals surface area contributed by atoms with Crippen LogP contribution in [0, 0.1) is 0 Å². The van der Waals surface area contributed by atoms with Gasteiger partial charge in [0.1, 0.15) is 17.6 Å². The minimum atomic E-state index is -0.372. The van der Waals surface area contributed by atoms with Gasteiger partial charge in [-0.15, -0.1) is 0 Å². The number of nitrogens with zero attached hydrogens (tertiary/aromatic N) is 2. The van der Waals surface area contributed by atoms with Gasteiger partial charge in [0.15, 0.2) is 13.2 Å². The lowest BCUT2D eigenvalue weighted by atomic mass is 9.78. The van der Waals surface area contributed by atoms with Crippen LogP contribution < -0.4 is 15.1 Å². The van der Waals surface area contributed by atoms with Crippen molar-refractivity contribution in [3.8, 4) is 0 Å². The third kappa shape index (κ3) is 5.65. The van der Waals surface area contributed by atoms with Gasteiger partial charge in [0.25, 0.3) is 11.0 Å². The van der Waals surface area contributed by atoms with Crippen molar-refractivity contribution in [2.75, 3.05) is 24.6 Å². The molecule has 4 aromatic rings. The van der Waals surface area contributed by atoms with Crippen LogP contribution in [0.4, 0.5) is 5.69 Å². The second-order valence-electron chi connectivity index (χ2n) is 8.11. The van der Waals surface area contributed by atoms with Crippen LogP contribution in [0.5, 0.6) is 0 Å². The van der Waals surface area contributed by atoms with Crippen LogP contribution in [0.3, 0.4) is 0 Å². The number of carbonyl (C=O) groups is 1. The first kappa shape index (κ1) is 24.7. The van der Waals surface area contributed by atoms with Crippen LogP contribution in [0.2, 0.25) is 13.1 Å². The van der Waals surface area contributed by atoms with Gasteiger partial charge in [0.05, 0.1) is 5.56 Å². The van der Waals surface area contributed by atoms with Gasteiger partial charge >= 0.3 is 5.63 Å². The molecule has 0 saturated carbocycles. The highest BCUT2D eigenvalue weighted by Gasteiger charge is 2.19. The van der Waals surface area contributed by atoms with Gasteiger partial charge in [0.2, 0.25) is 5.52 Å². The van der Waals surface area contributed by atoms with Crippen LogP contribution in [0.15, 0.2) is 57.7 Å². The van der Waals surface area contributed by atoms with E-state index in [9.17, 15) is 9.59 Å². The molecular weight excluding hydrogens is 459 g/mol. The van der Waals surface area contributed by atoms with Crippen molar-refractivity contribution in [2.24, 2.45) is 0 Å². The first-order valence-corrected chi connectivity index (χ1v) is 12.7. The van der Waals surface area contributed by atoms with E-state index in [0.717, 1.165) is 39.4 Å². The van der Waals surface area contributed by atoms with Crippen molar-refractivity contribution in [3.05, 3.63) is 69.5 Å². The summed E-state index contributed by atoms with van der Waals surface area (Å²) < 4.78 is 14.3. The van der Waals surface area contributed by atoms with Crippen LogP contribution in [0.25, 0.3) is 33.3 Å². The minimum absolute atomic E-state index is 0.234. The fourth-order valence-corrected chi connectivity index (χ4v) is 5.15. The van der Waals surface area contributed by atoms with Crippen molar-refractivity contribution < 1.29 is 18.5 Å². The lowest BCUT2D eigenvalue weighted by Gasteiger charge is -2.20. The second-order valence-corrected chi connectivity index (χ2v) is 9.17. The first-order chi connectivity index (χ1) is 17.0. The highest BCUT2D eigenvalue weighted by Crippen LogP contribution is 2.24. The summed E-state index contributed by atoms with van der Waals surface area (Å²) in [4.78, 5) is 26.7. The van der Waals surface area contributed by atoms with E-state index in [2.05, 4.69) is 35.4 Å². The topological polar surface area (TPSA) is 63.6 Å². The predicted octanol–water partition coefficient (Wildman–Crippen LogP) is 5.03. The largest absolute Gasteiger partial charge is 0.459 e. The van der Waals surface area contributed by atoms with Gasteiger partial charge < -0.3 is 14.1 Å². The van der Waals surface area contributed by atoms with Crippen molar-refractivity contribution in [1.82, 2.24) is 0 Å². The van der Waals surface area contributed by atoms with Crippen LogP contribution in [-0.4, -0.2) is 32.9 Å². The van der Waals surface area contributed by atoms with Crippen molar-refractivity contribution in [3.63, 3.8) is 0 Å². The lowest BCUT2D eigenvalue weighted by molar-refractivity contribution is -0.669. The number of hydrogen-bond acceptors (Lipinski definition) is 6. The molecule has 0 atom stereocenters. The molecule has 35 heavy (non-hydrogen) atoms. The fourth-order valence-electron chi connectivity index (χ4n) is 4.06. The van der Waals surface area contributed by atoms with Crippen molar-refractivity contribution >= 4 is 63.6 Å². The maximum absolute atomic E-state index is 12.7. The number of fused-ring (bicyclic) bond motifs is 2. The summed E-state index contributed by atoms with van der Waals surface area (Å²) in [5, 5.41) is 1.84. The third-order valence-corrected chi connectivity index (χ3v) is 7.00. The zero-order chi connectivity index (χ0) is 24.8. The summed E-state index contributed by atoms with van der Waals surface area (Å²) in [6.07, 6.45) is 4.02. The predicted molar refractivity (Wildman–Crippen MR) is 144 cm³/mol. The molecular formula is C27H29BN2O4S+. The summed E-state index contributed by atoms with van der Waals surface area (Å²) in [6, 6.07) is 15.9. The Kier molecular flexibility index (Phi) is 8.03. The highest BCUT2D eigenvalue weighted by molar-refractivity contribution is 7.18. The van der Waals surface area contributed by atoms with Crippen LogP contribution in [0.1, 0.15) is 24.4 Å². The molecule has 6 nitrogen and oxygen atoms in total. The highest BCUT2D eigenvalue weighted by atomic mass is 32.1. The van der Waals surface area contributed by atoms with Gasteiger partial charge in [0, 0.05) is 48.7 Å².